The van der Waals surface area contributed by atoms with Crippen LogP contribution in [0.3, 0.4) is 0 Å². The van der Waals surface area contributed by atoms with Crippen LogP contribution in [0.1, 0.15) is 242 Å². The average molecular weight is 1030 g/mol. The molecule has 5 heteroatoms. The van der Waals surface area contributed by atoms with Gasteiger partial charge in [0, 0.05) is 55.3 Å². The molecule has 5 aromatic rings. The first-order valence-corrected chi connectivity index (χ1v) is 28.6. The van der Waals surface area contributed by atoms with Gasteiger partial charge in [-0.2, -0.15) is 0 Å². The summed E-state index contributed by atoms with van der Waals surface area (Å²) in [6.07, 6.45) is 26.7. The van der Waals surface area contributed by atoms with Crippen molar-refractivity contribution in [2.24, 2.45) is 37.9 Å². The van der Waals surface area contributed by atoms with E-state index in [0.717, 1.165) is 37.8 Å². The molecule has 0 radical (unpaired) electrons. The summed E-state index contributed by atoms with van der Waals surface area (Å²) < 4.78 is 0. The highest BCUT2D eigenvalue weighted by molar-refractivity contribution is 5.16. The Balaban J connectivity index is -0.000000251. The maximum atomic E-state index is 4.26. The van der Waals surface area contributed by atoms with Crippen molar-refractivity contribution in [3.63, 3.8) is 0 Å². The number of aromatic nitrogens is 5. The monoisotopic (exact) mass is 1030 g/mol. The third-order valence-corrected chi connectivity index (χ3v) is 9.31. The Morgan fingerprint density at radius 1 is 0.333 bits per heavy atom. The molecule has 4 aromatic heterocycles. The molecule has 0 unspecified atom stereocenters. The lowest BCUT2D eigenvalue weighted by Gasteiger charge is -2.17. The van der Waals surface area contributed by atoms with Crippen LogP contribution in [-0.4, -0.2) is 24.9 Å². The second kappa shape index (κ2) is 43.6. The predicted octanol–water partition coefficient (Wildman–Crippen LogP) is 21.9. The fraction of sp³-hybridized carbons (Fsp3) is 0.614. The van der Waals surface area contributed by atoms with Crippen LogP contribution in [0.2, 0.25) is 0 Å². The van der Waals surface area contributed by atoms with E-state index in [2.05, 4.69) is 251 Å². The molecule has 0 amide bonds. The molecule has 428 valence electrons. The van der Waals surface area contributed by atoms with Gasteiger partial charge in [0.1, 0.15) is 0 Å². The van der Waals surface area contributed by atoms with Crippen LogP contribution in [0.25, 0.3) is 0 Å². The first-order chi connectivity index (χ1) is 34.5. The highest BCUT2D eigenvalue weighted by atomic mass is 14.8. The fourth-order valence-corrected chi connectivity index (χ4v) is 5.92. The summed E-state index contributed by atoms with van der Waals surface area (Å²) in [6, 6.07) is 25.0. The maximum absolute atomic E-state index is 4.26. The summed E-state index contributed by atoms with van der Waals surface area (Å²) in [5.74, 6) is 0. The molecular weight excluding hydrogens is 911 g/mol. The number of hydrogen-bond donors (Lipinski definition) is 0. The van der Waals surface area contributed by atoms with Crippen LogP contribution >= 0.6 is 0 Å². The highest BCUT2D eigenvalue weighted by Gasteiger charge is 2.14. The third-order valence-electron chi connectivity index (χ3n) is 9.31. The summed E-state index contributed by atoms with van der Waals surface area (Å²) in [4.78, 5) is 20.5. The van der Waals surface area contributed by atoms with E-state index in [0.29, 0.717) is 37.9 Å². The molecule has 0 aliphatic rings. The summed E-state index contributed by atoms with van der Waals surface area (Å²) in [5.41, 5.74) is 9.16. The zero-order valence-corrected chi connectivity index (χ0v) is 54.9. The zero-order valence-electron chi connectivity index (χ0n) is 54.9. The van der Waals surface area contributed by atoms with Crippen molar-refractivity contribution in [1.82, 2.24) is 24.9 Å². The number of hydrogen-bond acceptors (Lipinski definition) is 5. The Hall–Kier alpha value is -4.51. The maximum Gasteiger partial charge on any atom is 0.0591 e. The Bertz CT molecular complexity index is 1640. The van der Waals surface area contributed by atoms with Gasteiger partial charge in [-0.1, -0.05) is 255 Å². The van der Waals surface area contributed by atoms with Gasteiger partial charge >= 0.3 is 0 Å². The minimum Gasteiger partial charge on any atom is -0.265 e. The molecule has 5 rings (SSSR count). The number of rotatable bonds is 6. The largest absolute Gasteiger partial charge is 0.265 e. The normalized spacial score (nSPS) is 11.1. The predicted molar refractivity (Wildman–Crippen MR) is 340 cm³/mol. The summed E-state index contributed by atoms with van der Waals surface area (Å²) >= 11 is 0. The van der Waals surface area contributed by atoms with E-state index >= 15 is 0 Å². The lowest BCUT2D eigenvalue weighted by atomic mass is 9.88. The minimum absolute atomic E-state index is 0.302. The van der Waals surface area contributed by atoms with E-state index in [1.807, 2.05) is 96.9 Å². The zero-order chi connectivity index (χ0) is 59.4. The molecule has 75 heavy (non-hydrogen) atoms. The summed E-state index contributed by atoms with van der Waals surface area (Å²) in [6.45, 7) is 63.2. The van der Waals surface area contributed by atoms with E-state index < -0.39 is 0 Å². The number of allylic oxidation sites excluding steroid dienone is 2. The van der Waals surface area contributed by atoms with Crippen LogP contribution in [0.5, 0.6) is 0 Å². The molecule has 1 aromatic carbocycles. The van der Waals surface area contributed by atoms with Crippen molar-refractivity contribution in [3.05, 3.63) is 163 Å². The molecule has 4 heterocycles. The van der Waals surface area contributed by atoms with Crippen molar-refractivity contribution >= 4 is 0 Å². The molecule has 0 aliphatic carbocycles. The second-order valence-corrected chi connectivity index (χ2v) is 26.7. The van der Waals surface area contributed by atoms with E-state index in [9.17, 15) is 0 Å². The van der Waals surface area contributed by atoms with Gasteiger partial charge < -0.3 is 0 Å². The van der Waals surface area contributed by atoms with Crippen LogP contribution in [0.15, 0.2) is 135 Å². The van der Waals surface area contributed by atoms with Crippen LogP contribution in [0, 0.1) is 37.9 Å². The molecule has 0 bridgehead atoms. The van der Waals surface area contributed by atoms with E-state index in [1.165, 1.54) is 35.2 Å². The lowest BCUT2D eigenvalue weighted by molar-refractivity contribution is 0.398. The minimum atomic E-state index is 0.302. The molecule has 0 fully saturated rings. The lowest BCUT2D eigenvalue weighted by Crippen LogP contribution is -2.10. The Labute approximate surface area is 469 Å². The molecule has 5 nitrogen and oxygen atoms in total. The summed E-state index contributed by atoms with van der Waals surface area (Å²) in [7, 11) is 0. The van der Waals surface area contributed by atoms with E-state index in [-0.39, 0.29) is 0 Å². The molecule has 0 saturated heterocycles. The smallest absolute Gasteiger partial charge is 0.0591 e. The molecule has 0 spiro atoms. The quantitative estimate of drug-likeness (QED) is 0.159. The third kappa shape index (κ3) is 67.5. The van der Waals surface area contributed by atoms with Gasteiger partial charge in [0.05, 0.1) is 5.69 Å². The van der Waals surface area contributed by atoms with Gasteiger partial charge in [-0.05, 0) is 130 Å². The van der Waals surface area contributed by atoms with Crippen molar-refractivity contribution in [2.45, 2.75) is 246 Å². The molecule has 0 saturated carbocycles. The second-order valence-electron chi connectivity index (χ2n) is 26.7. The molecule has 0 atom stereocenters. The Kier molecular flexibility index (Phi) is 46.1. The van der Waals surface area contributed by atoms with E-state index in [1.54, 1.807) is 12.4 Å². The van der Waals surface area contributed by atoms with Gasteiger partial charge in [-0.25, -0.2) is 0 Å². The van der Waals surface area contributed by atoms with Crippen molar-refractivity contribution in [3.8, 4) is 0 Å². The Morgan fingerprint density at radius 3 is 1.05 bits per heavy atom. The highest BCUT2D eigenvalue weighted by Crippen LogP contribution is 2.23. The van der Waals surface area contributed by atoms with Crippen LogP contribution < -0.4 is 0 Å². The van der Waals surface area contributed by atoms with Crippen LogP contribution in [0.4, 0.5) is 0 Å². The summed E-state index contributed by atoms with van der Waals surface area (Å²) in [5, 5.41) is 0. The molecule has 0 N–H and O–H groups in total. The van der Waals surface area contributed by atoms with Gasteiger partial charge in [0.2, 0.25) is 0 Å². The number of nitrogens with zero attached hydrogens (tertiary/aromatic N) is 5. The van der Waals surface area contributed by atoms with Gasteiger partial charge in [0.15, 0.2) is 0 Å². The average Bonchev–Trinajstić information content (AvgIpc) is 3.30. The Morgan fingerprint density at radius 2 is 0.720 bits per heavy atom. The molecule has 0 aliphatic heterocycles. The topological polar surface area (TPSA) is 64.5 Å². The van der Waals surface area contributed by atoms with Gasteiger partial charge in [0.25, 0.3) is 0 Å². The van der Waals surface area contributed by atoms with Gasteiger partial charge in [-0.3, -0.25) is 24.9 Å². The first-order valence-electron chi connectivity index (χ1n) is 28.6. The fourth-order valence-electron chi connectivity index (χ4n) is 5.92. The number of pyridine rings is 3. The van der Waals surface area contributed by atoms with Crippen molar-refractivity contribution in [1.29, 1.82) is 0 Å². The van der Waals surface area contributed by atoms with Gasteiger partial charge in [-0.15, -0.1) is 0 Å². The van der Waals surface area contributed by atoms with Crippen molar-refractivity contribution < 1.29 is 0 Å². The molecular formula is C70H123N5. The van der Waals surface area contributed by atoms with Crippen molar-refractivity contribution in [2.75, 3.05) is 0 Å². The SMILES string of the molecule is C/C=C/CC(C)(C)C.CC.CC.CC.CC(C)(C)Cc1ccccc1.CC(C)(C)Cc1ccccn1.CC(C)(C)Cc1cccnc1.CC(C)(C)Cc1ccncc1.CC(C)(C)Cc1cnccn1.CCC(C)(C)C. The number of benzene rings is 1. The van der Waals surface area contributed by atoms with Crippen LogP contribution in [-0.2, 0) is 32.1 Å². The first kappa shape index (κ1) is 79.4. The standard InChI is InChI=1S/C11H16.3C10H15N.C9H14N2.C8H16.C6H14.3C2H6/c1-11(2,3)9-10-7-5-4-6-8-10;1-10(2,3)8-9-4-6-11-7-5-9;1-10(2,3)7-9-5-4-6-11-8-9;1-10(2,3)8-9-6-4-5-7-11-9;1-9(2,3)6-8-7-10-4-5-11-8;1-5-6-7-8(2,3)4;1-5-6(2,3)4;3*1-2/h4-8H,9H2,1-3H3;4-7H,8H2,1-3H3;4-6,8H,7H2,1-3H3;4-7H,8H2,1-3H3;4-5,7H,6H2,1-3H3;5-6H,7H2,1-4H3;5H2,1-4H3;3*1-2H3/b;;;;;6-5+;;;;. The van der Waals surface area contributed by atoms with E-state index in [4.69, 9.17) is 0 Å².